The molecule has 0 fully saturated rings. The summed E-state index contributed by atoms with van der Waals surface area (Å²) in [5, 5.41) is 3.21. The van der Waals surface area contributed by atoms with Crippen molar-refractivity contribution >= 4 is 21.4 Å². The van der Waals surface area contributed by atoms with Gasteiger partial charge in [-0.1, -0.05) is 26.7 Å². The van der Waals surface area contributed by atoms with E-state index in [0.29, 0.717) is 11.4 Å². The second-order valence-electron chi connectivity index (χ2n) is 4.52. The van der Waals surface area contributed by atoms with Crippen LogP contribution in [0.5, 0.6) is 0 Å². The molecule has 6 heteroatoms. The predicted octanol–water partition coefficient (Wildman–Crippen LogP) is 2.63. The van der Waals surface area contributed by atoms with Gasteiger partial charge in [0, 0.05) is 22.8 Å². The number of thiophene rings is 1. The van der Waals surface area contributed by atoms with E-state index in [-0.39, 0.29) is 0 Å². The Hall–Kier alpha value is -0.430. The fraction of sp³-hybridized carbons (Fsp3) is 0.692. The van der Waals surface area contributed by atoms with E-state index < -0.39 is 10.0 Å². The minimum atomic E-state index is -3.34. The van der Waals surface area contributed by atoms with E-state index in [4.69, 9.17) is 0 Å². The fourth-order valence-electron chi connectivity index (χ4n) is 1.79. The van der Waals surface area contributed by atoms with E-state index >= 15 is 0 Å². The monoisotopic (exact) mass is 304 g/mol. The van der Waals surface area contributed by atoms with Crippen LogP contribution >= 0.6 is 11.3 Å². The molecule has 0 radical (unpaired) electrons. The van der Waals surface area contributed by atoms with E-state index in [1.54, 1.807) is 17.4 Å². The summed E-state index contributed by atoms with van der Waals surface area (Å²) in [7, 11) is -3.34. The summed E-state index contributed by atoms with van der Waals surface area (Å²) in [6, 6.07) is 1.78. The first kappa shape index (κ1) is 16.6. The van der Waals surface area contributed by atoms with Gasteiger partial charge in [0.05, 0.1) is 4.90 Å². The van der Waals surface area contributed by atoms with Crippen LogP contribution in [0.2, 0.25) is 0 Å². The summed E-state index contributed by atoms with van der Waals surface area (Å²) < 4.78 is 27.0. The Morgan fingerprint density at radius 1 is 1.26 bits per heavy atom. The van der Waals surface area contributed by atoms with Gasteiger partial charge in [-0.25, -0.2) is 13.1 Å². The molecular weight excluding hydrogens is 280 g/mol. The zero-order chi connectivity index (χ0) is 14.3. The number of sulfonamides is 1. The molecule has 0 atom stereocenters. The molecule has 0 spiro atoms. The van der Waals surface area contributed by atoms with Crippen molar-refractivity contribution in [3.05, 3.63) is 15.8 Å². The van der Waals surface area contributed by atoms with Crippen molar-refractivity contribution in [2.24, 2.45) is 0 Å². The maximum atomic E-state index is 12.2. The van der Waals surface area contributed by atoms with Crippen molar-refractivity contribution in [3.8, 4) is 0 Å². The van der Waals surface area contributed by atoms with Gasteiger partial charge >= 0.3 is 0 Å². The number of aryl methyl sites for hydroxylation is 1. The van der Waals surface area contributed by atoms with Crippen LogP contribution in [0.15, 0.2) is 11.0 Å². The number of unbranched alkanes of at least 4 members (excludes halogenated alkanes) is 2. The molecule has 2 N–H and O–H groups in total. The van der Waals surface area contributed by atoms with Gasteiger partial charge in [-0.3, -0.25) is 0 Å². The van der Waals surface area contributed by atoms with Crippen molar-refractivity contribution in [2.75, 3.05) is 13.1 Å². The van der Waals surface area contributed by atoms with Gasteiger partial charge in [0.25, 0.3) is 0 Å². The van der Waals surface area contributed by atoms with Crippen LogP contribution in [0.1, 0.15) is 42.9 Å². The Balaban J connectivity index is 2.69. The number of nitrogens with one attached hydrogen (secondary N) is 2. The lowest BCUT2D eigenvalue weighted by molar-refractivity contribution is 0.576. The highest BCUT2D eigenvalue weighted by Crippen LogP contribution is 2.25. The molecule has 0 aromatic carbocycles. The quantitative estimate of drug-likeness (QED) is 0.690. The van der Waals surface area contributed by atoms with Crippen molar-refractivity contribution < 1.29 is 8.42 Å². The van der Waals surface area contributed by atoms with Crippen molar-refractivity contribution in [3.63, 3.8) is 0 Å². The summed E-state index contributed by atoms with van der Waals surface area (Å²) in [6.45, 7) is 8.13. The molecule has 0 unspecified atom stereocenters. The molecule has 19 heavy (non-hydrogen) atoms. The van der Waals surface area contributed by atoms with Crippen molar-refractivity contribution in [1.29, 1.82) is 0 Å². The lowest BCUT2D eigenvalue weighted by Gasteiger charge is -2.05. The molecule has 0 aliphatic rings. The van der Waals surface area contributed by atoms with Crippen LogP contribution in [-0.4, -0.2) is 21.5 Å². The standard InChI is InChI=1S/C13H24N2O2S2/c1-4-6-7-8-15-19(16,17)13-9-12(10-14-5-2)18-11(13)3/h9,14-15H,4-8,10H2,1-3H3. The third kappa shape index (κ3) is 5.22. The van der Waals surface area contributed by atoms with Gasteiger partial charge in [-0.2, -0.15) is 0 Å². The highest BCUT2D eigenvalue weighted by molar-refractivity contribution is 7.89. The summed E-state index contributed by atoms with van der Waals surface area (Å²) in [5.41, 5.74) is 0. The van der Waals surface area contributed by atoms with Crippen LogP contribution in [-0.2, 0) is 16.6 Å². The minimum absolute atomic E-state index is 0.432. The van der Waals surface area contributed by atoms with Crippen LogP contribution in [0, 0.1) is 6.92 Å². The van der Waals surface area contributed by atoms with E-state index in [1.165, 1.54) is 0 Å². The van der Waals surface area contributed by atoms with Gasteiger partial charge < -0.3 is 5.32 Å². The molecule has 4 nitrogen and oxygen atoms in total. The highest BCUT2D eigenvalue weighted by atomic mass is 32.2. The van der Waals surface area contributed by atoms with E-state index in [0.717, 1.165) is 42.1 Å². The first-order chi connectivity index (χ1) is 9.01. The second-order valence-corrected chi connectivity index (χ2v) is 7.59. The minimum Gasteiger partial charge on any atom is -0.312 e. The first-order valence-corrected chi connectivity index (χ1v) is 9.11. The molecule has 0 aliphatic carbocycles. The third-order valence-electron chi connectivity index (χ3n) is 2.83. The summed E-state index contributed by atoms with van der Waals surface area (Å²) in [4.78, 5) is 2.35. The molecule has 0 saturated carbocycles. The summed E-state index contributed by atoms with van der Waals surface area (Å²) >= 11 is 1.54. The highest BCUT2D eigenvalue weighted by Gasteiger charge is 2.19. The molecular formula is C13H24N2O2S2. The van der Waals surface area contributed by atoms with E-state index in [1.807, 2.05) is 13.8 Å². The SMILES string of the molecule is CCCCCNS(=O)(=O)c1cc(CNCC)sc1C. The Bertz CT molecular complexity index is 481. The largest absolute Gasteiger partial charge is 0.312 e. The Labute approximate surface area is 120 Å². The second kappa shape index (κ2) is 7.99. The zero-order valence-corrected chi connectivity index (χ0v) is 13.6. The molecule has 1 rings (SSSR count). The van der Waals surface area contributed by atoms with Gasteiger partial charge in [-0.15, -0.1) is 11.3 Å². The number of hydrogen-bond acceptors (Lipinski definition) is 4. The van der Waals surface area contributed by atoms with Crippen LogP contribution in [0.3, 0.4) is 0 Å². The zero-order valence-electron chi connectivity index (χ0n) is 12.0. The lowest BCUT2D eigenvalue weighted by Crippen LogP contribution is -2.24. The predicted molar refractivity (Wildman–Crippen MR) is 81.2 cm³/mol. The number of hydrogen-bond donors (Lipinski definition) is 2. The Kier molecular flexibility index (Phi) is 6.99. The molecule has 0 aliphatic heterocycles. The topological polar surface area (TPSA) is 58.2 Å². The molecule has 0 amide bonds. The van der Waals surface area contributed by atoms with Crippen LogP contribution < -0.4 is 10.0 Å². The normalized spacial score (nSPS) is 11.9. The van der Waals surface area contributed by atoms with Gasteiger partial charge in [0.1, 0.15) is 0 Å². The van der Waals surface area contributed by atoms with Crippen LogP contribution in [0.25, 0.3) is 0 Å². The summed E-state index contributed by atoms with van der Waals surface area (Å²) in [5.74, 6) is 0. The lowest BCUT2D eigenvalue weighted by atomic mass is 10.3. The first-order valence-electron chi connectivity index (χ1n) is 6.81. The average molecular weight is 304 g/mol. The summed E-state index contributed by atoms with van der Waals surface area (Å²) in [6.07, 6.45) is 3.03. The van der Waals surface area contributed by atoms with E-state index in [9.17, 15) is 8.42 Å². The van der Waals surface area contributed by atoms with Gasteiger partial charge in [-0.05, 0) is 26.0 Å². The molecule has 0 saturated heterocycles. The maximum Gasteiger partial charge on any atom is 0.241 e. The molecule has 1 heterocycles. The van der Waals surface area contributed by atoms with Gasteiger partial charge in [0.2, 0.25) is 10.0 Å². The molecule has 110 valence electrons. The molecule has 0 bridgehead atoms. The maximum absolute atomic E-state index is 12.2. The van der Waals surface area contributed by atoms with Gasteiger partial charge in [0.15, 0.2) is 0 Å². The number of rotatable bonds is 9. The van der Waals surface area contributed by atoms with Crippen molar-refractivity contribution in [2.45, 2.75) is 51.5 Å². The third-order valence-corrected chi connectivity index (χ3v) is 5.60. The van der Waals surface area contributed by atoms with E-state index in [2.05, 4.69) is 17.0 Å². The fourth-order valence-corrected chi connectivity index (χ4v) is 4.46. The Morgan fingerprint density at radius 3 is 2.63 bits per heavy atom. The molecule has 1 aromatic heterocycles. The van der Waals surface area contributed by atoms with Crippen molar-refractivity contribution in [1.82, 2.24) is 10.0 Å². The Morgan fingerprint density at radius 2 is 2.00 bits per heavy atom. The molecule has 1 aromatic rings. The average Bonchev–Trinajstić information content (AvgIpc) is 2.74. The smallest absolute Gasteiger partial charge is 0.241 e. The van der Waals surface area contributed by atoms with Crippen LogP contribution in [0.4, 0.5) is 0 Å².